The van der Waals surface area contributed by atoms with Crippen LogP contribution >= 0.6 is 23.1 Å². The maximum Gasteiger partial charge on any atom is 0.236 e. The monoisotopic (exact) mass is 521 g/mol. The lowest BCUT2D eigenvalue weighted by Gasteiger charge is -2.15. The van der Waals surface area contributed by atoms with Crippen molar-refractivity contribution in [3.05, 3.63) is 70.4 Å². The van der Waals surface area contributed by atoms with Crippen LogP contribution in [0.1, 0.15) is 49.4 Å². The summed E-state index contributed by atoms with van der Waals surface area (Å²) >= 11 is 2.77. The average Bonchev–Trinajstić information content (AvgIpc) is 3.51. The number of aryl methyl sites for hydroxylation is 3. The fraction of sp³-hybridized carbons (Fsp3) is 0.333. The molecule has 4 rings (SSSR count). The zero-order valence-electron chi connectivity index (χ0n) is 21.2. The molecule has 0 saturated carbocycles. The molecule has 1 N–H and O–H groups in total. The van der Waals surface area contributed by atoms with Crippen molar-refractivity contribution in [2.45, 2.75) is 58.8 Å². The highest BCUT2D eigenvalue weighted by atomic mass is 32.2. The van der Waals surface area contributed by atoms with Gasteiger partial charge in [0.25, 0.3) is 0 Å². The highest BCUT2D eigenvalue weighted by Crippen LogP contribution is 2.28. The number of anilines is 1. The molecule has 2 aromatic heterocycles. The van der Waals surface area contributed by atoms with Gasteiger partial charge in [0.2, 0.25) is 5.91 Å². The summed E-state index contributed by atoms with van der Waals surface area (Å²) in [5.41, 5.74) is 5.64. The summed E-state index contributed by atoms with van der Waals surface area (Å²) in [5, 5.41) is 14.8. The second-order valence-corrected chi connectivity index (χ2v) is 10.3. The van der Waals surface area contributed by atoms with Gasteiger partial charge in [-0.2, -0.15) is 0 Å². The van der Waals surface area contributed by atoms with Gasteiger partial charge in [0.1, 0.15) is 5.75 Å². The van der Waals surface area contributed by atoms with E-state index in [-0.39, 0.29) is 17.8 Å². The number of ether oxygens (including phenoxy) is 1. The molecule has 0 saturated heterocycles. The Morgan fingerprint density at radius 3 is 2.58 bits per heavy atom. The van der Waals surface area contributed by atoms with Gasteiger partial charge in [-0.25, -0.2) is 4.98 Å². The Morgan fingerprint density at radius 1 is 1.11 bits per heavy atom. The second-order valence-electron chi connectivity index (χ2n) is 8.52. The highest BCUT2D eigenvalue weighted by Gasteiger charge is 2.20. The molecule has 1 atom stereocenters. The highest BCUT2D eigenvalue weighted by molar-refractivity contribution is 7.99. The molecule has 0 fully saturated rings. The first kappa shape index (κ1) is 25.9. The van der Waals surface area contributed by atoms with Gasteiger partial charge >= 0.3 is 0 Å². The molecule has 7 nitrogen and oxygen atoms in total. The predicted octanol–water partition coefficient (Wildman–Crippen LogP) is 6.47. The summed E-state index contributed by atoms with van der Waals surface area (Å²) in [6.07, 6.45) is 0.719. The normalized spacial score (nSPS) is 11.9. The van der Waals surface area contributed by atoms with Crippen LogP contribution < -0.4 is 10.1 Å². The number of thiazole rings is 1. The van der Waals surface area contributed by atoms with Crippen LogP contribution in [0, 0.1) is 13.8 Å². The molecular weight excluding hydrogens is 490 g/mol. The van der Waals surface area contributed by atoms with Crippen molar-refractivity contribution in [1.82, 2.24) is 19.7 Å². The Morgan fingerprint density at radius 2 is 1.89 bits per heavy atom. The van der Waals surface area contributed by atoms with E-state index in [4.69, 9.17) is 4.74 Å². The smallest absolute Gasteiger partial charge is 0.236 e. The molecule has 4 aromatic rings. The van der Waals surface area contributed by atoms with Crippen LogP contribution in [0.2, 0.25) is 0 Å². The van der Waals surface area contributed by atoms with Crippen LogP contribution in [-0.4, -0.2) is 31.4 Å². The van der Waals surface area contributed by atoms with E-state index in [1.165, 1.54) is 39.8 Å². The molecule has 0 radical (unpaired) electrons. The Kier molecular flexibility index (Phi) is 8.43. The third-order valence-electron chi connectivity index (χ3n) is 5.96. The summed E-state index contributed by atoms with van der Waals surface area (Å²) in [5.74, 6) is 1.61. The van der Waals surface area contributed by atoms with E-state index in [0.717, 1.165) is 29.3 Å². The van der Waals surface area contributed by atoms with Gasteiger partial charge < -0.3 is 14.6 Å². The minimum atomic E-state index is -0.271. The molecule has 188 valence electrons. The SMILES string of the molecule is CCc1ccc(OC(C)c2nnc(SCC(=O)Nc3nc(-c4ccc(C)c(C)c4)cs3)n2CC)cc1. The summed E-state index contributed by atoms with van der Waals surface area (Å²) in [7, 11) is 0. The first-order chi connectivity index (χ1) is 17.4. The number of hydrogen-bond acceptors (Lipinski definition) is 7. The van der Waals surface area contributed by atoms with Crippen molar-refractivity contribution in [3.8, 4) is 17.0 Å². The molecule has 9 heteroatoms. The van der Waals surface area contributed by atoms with Crippen molar-refractivity contribution < 1.29 is 9.53 Å². The van der Waals surface area contributed by atoms with Gasteiger partial charge in [-0.1, -0.05) is 43.0 Å². The van der Waals surface area contributed by atoms with E-state index in [1.807, 2.05) is 35.9 Å². The maximum atomic E-state index is 12.6. The zero-order chi connectivity index (χ0) is 25.7. The van der Waals surface area contributed by atoms with Gasteiger partial charge in [-0.15, -0.1) is 21.5 Å². The zero-order valence-corrected chi connectivity index (χ0v) is 22.9. The fourth-order valence-electron chi connectivity index (χ4n) is 3.72. The number of nitrogens with one attached hydrogen (secondary N) is 1. The van der Waals surface area contributed by atoms with Crippen LogP contribution in [0.15, 0.2) is 53.0 Å². The van der Waals surface area contributed by atoms with Gasteiger partial charge in [-0.3, -0.25) is 4.79 Å². The minimum absolute atomic E-state index is 0.131. The lowest BCUT2D eigenvalue weighted by Crippen LogP contribution is -2.15. The molecule has 0 aliphatic rings. The Balaban J connectivity index is 1.35. The summed E-state index contributed by atoms with van der Waals surface area (Å²) in [6, 6.07) is 14.4. The average molecular weight is 522 g/mol. The van der Waals surface area contributed by atoms with E-state index in [0.29, 0.717) is 16.8 Å². The van der Waals surface area contributed by atoms with Crippen molar-refractivity contribution in [3.63, 3.8) is 0 Å². The lowest BCUT2D eigenvalue weighted by molar-refractivity contribution is -0.113. The molecule has 1 amide bonds. The Bertz CT molecular complexity index is 1330. The maximum absolute atomic E-state index is 12.6. The first-order valence-electron chi connectivity index (χ1n) is 12.0. The largest absolute Gasteiger partial charge is 0.483 e. The van der Waals surface area contributed by atoms with Crippen molar-refractivity contribution >= 4 is 34.1 Å². The molecular formula is C27H31N5O2S2. The topological polar surface area (TPSA) is 81.9 Å². The number of nitrogens with zero attached hydrogens (tertiary/aromatic N) is 4. The van der Waals surface area contributed by atoms with Crippen LogP contribution in [0.5, 0.6) is 5.75 Å². The van der Waals surface area contributed by atoms with Crippen LogP contribution in [0.3, 0.4) is 0 Å². The number of benzene rings is 2. The molecule has 0 spiro atoms. The van der Waals surface area contributed by atoms with E-state index in [2.05, 4.69) is 71.6 Å². The molecule has 36 heavy (non-hydrogen) atoms. The van der Waals surface area contributed by atoms with Gasteiger partial charge in [0.05, 0.1) is 11.4 Å². The van der Waals surface area contributed by atoms with Crippen molar-refractivity contribution in [1.29, 1.82) is 0 Å². The standard InChI is InChI=1S/C27H31N5O2S2/c1-6-20-9-12-22(13-10-20)34-19(5)25-30-31-27(32(25)7-2)36-16-24(33)29-26-28-23(15-35-26)21-11-8-17(3)18(4)14-21/h8-15,19H,6-7,16H2,1-5H3,(H,28,29,33). The van der Waals surface area contributed by atoms with Gasteiger partial charge in [0, 0.05) is 17.5 Å². The van der Waals surface area contributed by atoms with Crippen LogP contribution in [0.25, 0.3) is 11.3 Å². The quantitative estimate of drug-likeness (QED) is 0.241. The number of amides is 1. The fourth-order valence-corrected chi connectivity index (χ4v) is 5.26. The molecule has 2 heterocycles. The third kappa shape index (κ3) is 6.14. The number of carbonyl (C=O) groups excluding carboxylic acids is 1. The minimum Gasteiger partial charge on any atom is -0.483 e. The number of hydrogen-bond donors (Lipinski definition) is 1. The molecule has 1 unspecified atom stereocenters. The predicted molar refractivity (Wildman–Crippen MR) is 147 cm³/mol. The summed E-state index contributed by atoms with van der Waals surface area (Å²) in [4.78, 5) is 17.2. The third-order valence-corrected chi connectivity index (χ3v) is 7.68. The van der Waals surface area contributed by atoms with Crippen molar-refractivity contribution in [2.75, 3.05) is 11.1 Å². The lowest BCUT2D eigenvalue weighted by atomic mass is 10.1. The summed E-state index contributed by atoms with van der Waals surface area (Å²) in [6.45, 7) is 11.0. The van der Waals surface area contributed by atoms with E-state index >= 15 is 0 Å². The molecule has 2 aromatic carbocycles. The van der Waals surface area contributed by atoms with E-state index in [1.54, 1.807) is 0 Å². The van der Waals surface area contributed by atoms with Crippen LogP contribution in [-0.2, 0) is 17.8 Å². The van der Waals surface area contributed by atoms with Crippen LogP contribution in [0.4, 0.5) is 5.13 Å². The number of carbonyl (C=O) groups is 1. The van der Waals surface area contributed by atoms with E-state index in [9.17, 15) is 4.79 Å². The first-order valence-corrected chi connectivity index (χ1v) is 13.9. The van der Waals surface area contributed by atoms with Gasteiger partial charge in [0.15, 0.2) is 22.2 Å². The molecule has 0 aliphatic heterocycles. The summed E-state index contributed by atoms with van der Waals surface area (Å²) < 4.78 is 8.08. The Hall–Kier alpha value is -3.17. The van der Waals surface area contributed by atoms with E-state index < -0.39 is 0 Å². The molecule has 0 aliphatic carbocycles. The van der Waals surface area contributed by atoms with Gasteiger partial charge in [-0.05, 0) is 69.0 Å². The molecule has 0 bridgehead atoms. The van der Waals surface area contributed by atoms with Crippen molar-refractivity contribution in [2.24, 2.45) is 0 Å². The number of thioether (sulfide) groups is 1. The number of rotatable bonds is 10. The Labute approximate surface area is 220 Å². The number of aromatic nitrogens is 4. The second kappa shape index (κ2) is 11.7.